The van der Waals surface area contributed by atoms with Crippen molar-refractivity contribution in [2.75, 3.05) is 6.61 Å². The maximum Gasteiger partial charge on any atom is 0.422 e. The lowest BCUT2D eigenvalue weighted by atomic mass is 9.96. The molecule has 0 aliphatic carbocycles. The Labute approximate surface area is 115 Å². The van der Waals surface area contributed by atoms with Crippen LogP contribution >= 0.6 is 0 Å². The predicted octanol–water partition coefficient (Wildman–Crippen LogP) is -0.841. The maximum absolute atomic E-state index is 14.0. The van der Waals surface area contributed by atoms with E-state index < -0.39 is 49.1 Å². The van der Waals surface area contributed by atoms with E-state index in [0.717, 1.165) is 6.20 Å². The molecule has 0 bridgehead atoms. The first-order chi connectivity index (χ1) is 9.64. The van der Waals surface area contributed by atoms with Gasteiger partial charge in [0.15, 0.2) is 12.4 Å². The van der Waals surface area contributed by atoms with Crippen LogP contribution in [0.15, 0.2) is 12.3 Å². The minimum atomic E-state index is -5.23. The molecule has 2 heterocycles. The molecule has 11 heteroatoms. The normalized spacial score (nSPS) is 40.5. The van der Waals surface area contributed by atoms with Crippen molar-refractivity contribution in [3.63, 3.8) is 0 Å². The molecule has 1 unspecified atom stereocenters. The first-order valence-electron chi connectivity index (χ1n) is 5.84. The summed E-state index contributed by atoms with van der Waals surface area (Å²) in [4.78, 5) is 12.1. The van der Waals surface area contributed by atoms with Gasteiger partial charge < -0.3 is 26.0 Å². The molecule has 0 aromatic carbocycles. The minimum Gasteiger partial charge on any atom is -0.393 e. The van der Waals surface area contributed by atoms with Crippen LogP contribution in [0.1, 0.15) is 0 Å². The number of aliphatic hydroxyl groups excluding tert-OH is 2. The molecule has 1 saturated heterocycles. The molecule has 5 atom stereocenters. The zero-order valence-corrected chi connectivity index (χ0v) is 10.4. The summed E-state index contributed by atoms with van der Waals surface area (Å²) in [6.07, 6.45) is -11.2. The van der Waals surface area contributed by atoms with E-state index in [4.69, 9.17) is 10.8 Å². The molecule has 2 rings (SSSR count). The van der Waals surface area contributed by atoms with E-state index in [1.165, 1.54) is 6.08 Å². The molecule has 0 aromatic rings. The van der Waals surface area contributed by atoms with Crippen LogP contribution in [0.5, 0.6) is 0 Å². The summed E-state index contributed by atoms with van der Waals surface area (Å²) >= 11 is 0. The van der Waals surface area contributed by atoms with Gasteiger partial charge in [-0.2, -0.15) is 13.2 Å². The Morgan fingerprint density at radius 3 is 2.57 bits per heavy atom. The number of hydrogen-bond donors (Lipinski definition) is 4. The Morgan fingerprint density at radius 2 is 2.14 bits per heavy atom. The van der Waals surface area contributed by atoms with Crippen molar-refractivity contribution in [3.8, 4) is 0 Å². The van der Waals surface area contributed by atoms with Crippen LogP contribution in [0.25, 0.3) is 0 Å². The summed E-state index contributed by atoms with van der Waals surface area (Å²) in [5.41, 5.74) is 1.85. The second-order valence-electron chi connectivity index (χ2n) is 4.67. The van der Waals surface area contributed by atoms with E-state index in [2.05, 4.69) is 10.1 Å². The summed E-state index contributed by atoms with van der Waals surface area (Å²) in [6, 6.07) is -0.985. The van der Waals surface area contributed by atoms with Crippen molar-refractivity contribution in [1.29, 1.82) is 0 Å². The molecule has 2 amide bonds. The third-order valence-electron chi connectivity index (χ3n) is 3.35. The highest BCUT2D eigenvalue weighted by molar-refractivity contribution is 5.77. The quantitative estimate of drug-likeness (QED) is 0.497. The van der Waals surface area contributed by atoms with E-state index in [0.29, 0.717) is 4.90 Å². The van der Waals surface area contributed by atoms with Crippen LogP contribution in [0.2, 0.25) is 0 Å². The molecule has 21 heavy (non-hydrogen) atoms. The summed E-state index contributed by atoms with van der Waals surface area (Å²) in [5, 5.41) is 20.6. The molecule has 5 N–H and O–H groups in total. The highest BCUT2D eigenvalue weighted by Crippen LogP contribution is 2.45. The first kappa shape index (κ1) is 15.9. The first-order valence-corrected chi connectivity index (χ1v) is 5.84. The van der Waals surface area contributed by atoms with E-state index in [1.807, 2.05) is 0 Å². The third kappa shape index (κ3) is 2.35. The number of aliphatic hydroxyl groups is 2. The van der Waals surface area contributed by atoms with Crippen molar-refractivity contribution in [3.05, 3.63) is 12.3 Å². The summed E-state index contributed by atoms with van der Waals surface area (Å²) in [6.45, 7) is -1.69. The standard InChI is InChI=1S/C10H13F4N3O4/c11-5-6(19)9(3-18,10(12,13)14)21-7(5)17-2-1-4(15)16-8(17)20/h1-2,4-7,18-19H,3,15H2,(H,16,20)/t4?,5-,6+,7-,9-/m1/s1. The summed E-state index contributed by atoms with van der Waals surface area (Å²) in [7, 11) is 0. The van der Waals surface area contributed by atoms with Gasteiger partial charge in [-0.05, 0) is 6.08 Å². The molecule has 0 radical (unpaired) electrons. The van der Waals surface area contributed by atoms with Gasteiger partial charge in [0, 0.05) is 6.20 Å². The number of carbonyl (C=O) groups excluding carboxylic acids is 1. The van der Waals surface area contributed by atoms with Gasteiger partial charge in [0.2, 0.25) is 5.60 Å². The number of alkyl halides is 4. The van der Waals surface area contributed by atoms with E-state index >= 15 is 0 Å². The van der Waals surface area contributed by atoms with Crippen molar-refractivity contribution in [2.24, 2.45) is 5.73 Å². The van der Waals surface area contributed by atoms with Gasteiger partial charge in [0.25, 0.3) is 0 Å². The fourth-order valence-electron chi connectivity index (χ4n) is 2.15. The van der Waals surface area contributed by atoms with Crippen LogP contribution in [0.4, 0.5) is 22.4 Å². The van der Waals surface area contributed by atoms with E-state index in [1.54, 1.807) is 0 Å². The monoisotopic (exact) mass is 315 g/mol. The van der Waals surface area contributed by atoms with E-state index in [-0.39, 0.29) is 0 Å². The second-order valence-corrected chi connectivity index (χ2v) is 4.67. The summed E-state index contributed by atoms with van der Waals surface area (Å²) < 4.78 is 57.4. The van der Waals surface area contributed by atoms with Crippen LogP contribution in [-0.4, -0.2) is 64.2 Å². The van der Waals surface area contributed by atoms with Gasteiger partial charge >= 0.3 is 12.2 Å². The molecule has 7 nitrogen and oxygen atoms in total. The Morgan fingerprint density at radius 1 is 1.52 bits per heavy atom. The van der Waals surface area contributed by atoms with Crippen LogP contribution in [-0.2, 0) is 4.74 Å². The Bertz CT molecular complexity index is 460. The zero-order valence-electron chi connectivity index (χ0n) is 10.4. The SMILES string of the molecule is NC1C=CN([C@@H]2O[C@@](CO)(C(F)(F)F)[C@@H](O)[C@H]2F)C(=O)N1. The smallest absolute Gasteiger partial charge is 0.393 e. The Kier molecular flexibility index (Phi) is 3.86. The molecule has 120 valence electrons. The van der Waals surface area contributed by atoms with Crippen LogP contribution in [0.3, 0.4) is 0 Å². The number of urea groups is 1. The van der Waals surface area contributed by atoms with Crippen molar-refractivity contribution >= 4 is 6.03 Å². The fourth-order valence-corrected chi connectivity index (χ4v) is 2.15. The van der Waals surface area contributed by atoms with Crippen molar-refractivity contribution in [2.45, 2.75) is 36.4 Å². The van der Waals surface area contributed by atoms with Gasteiger partial charge in [0.1, 0.15) is 6.10 Å². The topological polar surface area (TPSA) is 108 Å². The minimum absolute atomic E-state index is 0.500. The molecule has 2 aliphatic rings. The third-order valence-corrected chi connectivity index (χ3v) is 3.35. The highest BCUT2D eigenvalue weighted by atomic mass is 19.4. The molecular weight excluding hydrogens is 302 g/mol. The Hall–Kier alpha value is -1.43. The van der Waals surface area contributed by atoms with Crippen LogP contribution in [0, 0.1) is 0 Å². The average molecular weight is 315 g/mol. The number of nitrogens with zero attached hydrogens (tertiary/aromatic N) is 1. The number of hydrogen-bond acceptors (Lipinski definition) is 5. The van der Waals surface area contributed by atoms with Crippen molar-refractivity contribution in [1.82, 2.24) is 10.2 Å². The highest BCUT2D eigenvalue weighted by Gasteiger charge is 2.70. The van der Waals surface area contributed by atoms with Gasteiger partial charge in [-0.1, -0.05) is 0 Å². The lowest BCUT2D eigenvalue weighted by Gasteiger charge is -2.34. The number of halogens is 4. The number of carbonyl (C=O) groups is 1. The molecule has 0 saturated carbocycles. The molecule has 0 aromatic heterocycles. The number of ether oxygens (including phenoxy) is 1. The van der Waals surface area contributed by atoms with Gasteiger partial charge in [-0.25, -0.2) is 9.18 Å². The number of nitrogens with two attached hydrogens (primary N) is 1. The molecule has 1 fully saturated rings. The lowest BCUT2D eigenvalue weighted by Crippen LogP contribution is -2.57. The van der Waals surface area contributed by atoms with Crippen LogP contribution < -0.4 is 11.1 Å². The van der Waals surface area contributed by atoms with Crippen molar-refractivity contribution < 1.29 is 37.3 Å². The maximum atomic E-state index is 14.0. The van der Waals surface area contributed by atoms with Gasteiger partial charge in [-0.3, -0.25) is 4.90 Å². The number of amides is 2. The number of nitrogens with one attached hydrogen (secondary N) is 1. The fraction of sp³-hybridized carbons (Fsp3) is 0.700. The average Bonchev–Trinajstić information content (AvgIpc) is 2.63. The number of rotatable bonds is 2. The van der Waals surface area contributed by atoms with E-state index in [9.17, 15) is 27.5 Å². The molecule has 0 spiro atoms. The second kappa shape index (κ2) is 5.09. The Balaban J connectivity index is 2.32. The largest absolute Gasteiger partial charge is 0.422 e. The molecule has 2 aliphatic heterocycles. The summed E-state index contributed by atoms with van der Waals surface area (Å²) in [5.74, 6) is 0. The lowest BCUT2D eigenvalue weighted by molar-refractivity contribution is -0.305. The van der Waals surface area contributed by atoms with Gasteiger partial charge in [0.05, 0.1) is 12.8 Å². The zero-order chi connectivity index (χ0) is 16.0. The predicted molar refractivity (Wildman–Crippen MR) is 59.1 cm³/mol. The molecular formula is C10H13F4N3O4. The van der Waals surface area contributed by atoms with Gasteiger partial charge in [-0.15, -0.1) is 0 Å².